The van der Waals surface area contributed by atoms with Crippen molar-refractivity contribution in [3.8, 4) is 0 Å². The van der Waals surface area contributed by atoms with Crippen LogP contribution in [0.2, 0.25) is 0 Å². The van der Waals surface area contributed by atoms with Crippen LogP contribution in [0.3, 0.4) is 0 Å². The summed E-state index contributed by atoms with van der Waals surface area (Å²) in [7, 11) is 0. The van der Waals surface area contributed by atoms with Crippen molar-refractivity contribution in [3.05, 3.63) is 51.8 Å². The van der Waals surface area contributed by atoms with Crippen LogP contribution in [-0.2, 0) is 12.0 Å². The van der Waals surface area contributed by atoms with Crippen molar-refractivity contribution in [1.29, 1.82) is 0 Å². The van der Waals surface area contributed by atoms with Crippen LogP contribution in [-0.4, -0.2) is 20.9 Å². The molecule has 0 saturated heterocycles. The molecule has 0 fully saturated rings. The molecule has 0 bridgehead atoms. The van der Waals surface area contributed by atoms with Crippen LogP contribution in [0.25, 0.3) is 0 Å². The molecule has 0 spiro atoms. The molecule has 1 aromatic carbocycles. The smallest absolute Gasteiger partial charge is 0.339 e. The fourth-order valence-electron chi connectivity index (χ4n) is 2.01. The Hall–Kier alpha value is -1.62. The second kappa shape index (κ2) is 5.40. The Morgan fingerprint density at radius 1 is 1.35 bits per heavy atom. The van der Waals surface area contributed by atoms with E-state index in [-0.39, 0.29) is 11.0 Å². The van der Waals surface area contributed by atoms with E-state index in [1.807, 2.05) is 45.0 Å². The molecule has 0 atom stereocenters. The maximum absolute atomic E-state index is 11.3. The van der Waals surface area contributed by atoms with Gasteiger partial charge in [0, 0.05) is 16.1 Å². The first-order valence-corrected chi connectivity index (χ1v) is 7.13. The maximum atomic E-state index is 11.3. The number of carbonyl (C=O) groups is 1. The first-order chi connectivity index (χ1) is 9.29. The Morgan fingerprint density at radius 3 is 2.50 bits per heavy atom. The number of carboxylic acids is 1. The predicted molar refractivity (Wildman–Crippen MR) is 81.1 cm³/mol. The lowest BCUT2D eigenvalue weighted by molar-refractivity contribution is 0.0694. The Bertz CT molecular complexity index is 642. The van der Waals surface area contributed by atoms with E-state index in [0.717, 1.165) is 10.0 Å². The molecule has 0 unspecified atom stereocenters. The zero-order chi connectivity index (χ0) is 14.9. The van der Waals surface area contributed by atoms with Gasteiger partial charge in [0.25, 0.3) is 0 Å². The monoisotopic (exact) mass is 336 g/mol. The third-order valence-electron chi connectivity index (χ3n) is 2.99. The van der Waals surface area contributed by atoms with Gasteiger partial charge in [0.15, 0.2) is 0 Å². The topological polar surface area (TPSA) is 55.1 Å². The molecule has 0 aliphatic carbocycles. The van der Waals surface area contributed by atoms with Gasteiger partial charge in [0.1, 0.15) is 5.56 Å². The summed E-state index contributed by atoms with van der Waals surface area (Å²) >= 11 is 3.49. The van der Waals surface area contributed by atoms with E-state index in [0.29, 0.717) is 12.2 Å². The summed E-state index contributed by atoms with van der Waals surface area (Å²) in [6, 6.07) is 7.84. The highest BCUT2D eigenvalue weighted by Crippen LogP contribution is 2.25. The fraction of sp³-hybridized carbons (Fsp3) is 0.333. The summed E-state index contributed by atoms with van der Waals surface area (Å²) in [6.45, 7) is 6.43. The number of hydrogen-bond acceptors (Lipinski definition) is 2. The number of carboxylic acid groups (broad SMARTS) is 1. The van der Waals surface area contributed by atoms with Gasteiger partial charge >= 0.3 is 5.97 Å². The van der Waals surface area contributed by atoms with Crippen LogP contribution in [0, 0.1) is 0 Å². The van der Waals surface area contributed by atoms with E-state index >= 15 is 0 Å². The summed E-state index contributed by atoms with van der Waals surface area (Å²) in [6.07, 6.45) is 1.60. The number of aromatic nitrogens is 2. The molecule has 4 nitrogen and oxygen atoms in total. The normalized spacial score (nSPS) is 11.6. The van der Waals surface area contributed by atoms with E-state index in [4.69, 9.17) is 0 Å². The second-order valence-electron chi connectivity index (χ2n) is 5.74. The quantitative estimate of drug-likeness (QED) is 0.929. The average molecular weight is 337 g/mol. The highest BCUT2D eigenvalue weighted by molar-refractivity contribution is 9.10. The highest BCUT2D eigenvalue weighted by Gasteiger charge is 2.26. The molecule has 20 heavy (non-hydrogen) atoms. The molecule has 0 radical (unpaired) electrons. The van der Waals surface area contributed by atoms with Crippen LogP contribution in [0.5, 0.6) is 0 Å². The lowest BCUT2D eigenvalue weighted by atomic mass is 9.90. The Labute approximate surface area is 126 Å². The zero-order valence-corrected chi connectivity index (χ0v) is 13.3. The van der Waals surface area contributed by atoms with Crippen molar-refractivity contribution in [3.63, 3.8) is 0 Å². The summed E-state index contributed by atoms with van der Waals surface area (Å²) in [4.78, 5) is 11.3. The first kappa shape index (κ1) is 14.8. The third kappa shape index (κ3) is 3.10. The second-order valence-corrected chi connectivity index (χ2v) is 6.59. The van der Waals surface area contributed by atoms with Gasteiger partial charge in [-0.3, -0.25) is 4.68 Å². The van der Waals surface area contributed by atoms with Crippen LogP contribution in [0.4, 0.5) is 0 Å². The van der Waals surface area contributed by atoms with Crippen molar-refractivity contribution in [2.45, 2.75) is 32.7 Å². The molecule has 1 N–H and O–H groups in total. The number of hydrogen-bond donors (Lipinski definition) is 1. The number of rotatable bonds is 3. The van der Waals surface area contributed by atoms with Crippen LogP contribution in [0.15, 0.2) is 34.9 Å². The van der Waals surface area contributed by atoms with E-state index in [1.54, 1.807) is 10.9 Å². The first-order valence-electron chi connectivity index (χ1n) is 6.33. The molecule has 0 aliphatic heterocycles. The minimum Gasteiger partial charge on any atom is -0.478 e. The molecule has 0 aliphatic rings. The summed E-state index contributed by atoms with van der Waals surface area (Å²) in [5.74, 6) is -0.937. The van der Waals surface area contributed by atoms with Crippen LogP contribution in [0.1, 0.15) is 42.4 Å². The summed E-state index contributed by atoms with van der Waals surface area (Å²) in [5.41, 5.74) is 1.64. The lowest BCUT2D eigenvalue weighted by Crippen LogP contribution is -2.16. The van der Waals surface area contributed by atoms with Crippen molar-refractivity contribution >= 4 is 21.9 Å². The molecule has 0 saturated carbocycles. The Morgan fingerprint density at radius 2 is 2.00 bits per heavy atom. The minimum atomic E-state index is -0.937. The third-order valence-corrected chi connectivity index (χ3v) is 3.77. The number of aromatic carboxylic acids is 1. The van der Waals surface area contributed by atoms with Crippen molar-refractivity contribution in [2.24, 2.45) is 0 Å². The van der Waals surface area contributed by atoms with Gasteiger partial charge in [-0.15, -0.1) is 0 Å². The van der Waals surface area contributed by atoms with Gasteiger partial charge in [0.05, 0.1) is 12.2 Å². The van der Waals surface area contributed by atoms with E-state index in [9.17, 15) is 9.90 Å². The van der Waals surface area contributed by atoms with E-state index in [2.05, 4.69) is 21.0 Å². The lowest BCUT2D eigenvalue weighted by Gasteiger charge is -2.16. The van der Waals surface area contributed by atoms with Gasteiger partial charge in [-0.05, 0) is 11.6 Å². The molecule has 2 rings (SSSR count). The standard InChI is InChI=1S/C15H17BrN2O2/c1-15(2,3)13-11(14(19)20)9-18(17-13)8-10-6-4-5-7-12(10)16/h4-7,9H,8H2,1-3H3,(H,19,20). The number of halogens is 1. The molecular weight excluding hydrogens is 320 g/mol. The van der Waals surface area contributed by atoms with Crippen LogP contribution >= 0.6 is 15.9 Å². The predicted octanol–water partition coefficient (Wildman–Crippen LogP) is 3.69. The molecule has 1 aromatic heterocycles. The zero-order valence-electron chi connectivity index (χ0n) is 11.7. The van der Waals surface area contributed by atoms with E-state index < -0.39 is 5.97 Å². The minimum absolute atomic E-state index is 0.268. The SMILES string of the molecule is CC(C)(C)c1nn(Cc2ccccc2Br)cc1C(=O)O. The van der Waals surface area contributed by atoms with E-state index in [1.165, 1.54) is 0 Å². The van der Waals surface area contributed by atoms with Gasteiger partial charge in [0.2, 0.25) is 0 Å². The molecule has 106 valence electrons. The van der Waals surface area contributed by atoms with Gasteiger partial charge in [-0.25, -0.2) is 4.79 Å². The molecular formula is C15H17BrN2O2. The fourth-order valence-corrected chi connectivity index (χ4v) is 2.42. The molecule has 2 aromatic rings. The Balaban J connectivity index is 2.40. The summed E-state index contributed by atoms with van der Waals surface area (Å²) in [5, 5.41) is 13.8. The Kier molecular flexibility index (Phi) is 3.99. The molecule has 1 heterocycles. The highest BCUT2D eigenvalue weighted by atomic mass is 79.9. The largest absolute Gasteiger partial charge is 0.478 e. The number of benzene rings is 1. The average Bonchev–Trinajstić information content (AvgIpc) is 2.76. The van der Waals surface area contributed by atoms with Crippen molar-refractivity contribution < 1.29 is 9.90 Å². The van der Waals surface area contributed by atoms with Crippen molar-refractivity contribution in [2.75, 3.05) is 0 Å². The molecule has 0 amide bonds. The molecule has 5 heteroatoms. The van der Waals surface area contributed by atoms with Crippen LogP contribution < -0.4 is 0 Å². The summed E-state index contributed by atoms with van der Waals surface area (Å²) < 4.78 is 2.68. The van der Waals surface area contributed by atoms with Crippen molar-refractivity contribution in [1.82, 2.24) is 9.78 Å². The van der Waals surface area contributed by atoms with Gasteiger partial charge in [-0.2, -0.15) is 5.10 Å². The van der Waals surface area contributed by atoms with Gasteiger partial charge < -0.3 is 5.11 Å². The maximum Gasteiger partial charge on any atom is 0.339 e. The van der Waals surface area contributed by atoms with Gasteiger partial charge in [-0.1, -0.05) is 54.9 Å². The number of nitrogens with zero attached hydrogens (tertiary/aromatic N) is 2.